The molecular weight excluding hydrogens is 407 g/mol. The zero-order valence-corrected chi connectivity index (χ0v) is 16.0. The smallest absolute Gasteiger partial charge is 0.353 e. The number of hydrogen-bond acceptors (Lipinski definition) is 5. The monoisotopic (exact) mass is 418 g/mol. The van der Waals surface area contributed by atoms with E-state index in [1.807, 2.05) is 5.38 Å². The standard InChI is InChI=1S/C19H12Cl2N2O3S/c20-13-5-8-15(16(21)10-13)18(24)23-22-11-12-3-6-14(7-4-12)26-19(25)17-2-1-9-27-17/h1-11H,(H,23,24)/b22-11+. The molecule has 0 saturated carbocycles. The lowest BCUT2D eigenvalue weighted by molar-refractivity contribution is 0.0739. The van der Waals surface area contributed by atoms with Gasteiger partial charge in [-0.2, -0.15) is 5.10 Å². The number of thiophene rings is 1. The van der Waals surface area contributed by atoms with Crippen LogP contribution in [0.15, 0.2) is 65.1 Å². The molecule has 1 N–H and O–H groups in total. The highest BCUT2D eigenvalue weighted by Crippen LogP contribution is 2.21. The molecule has 1 aromatic heterocycles. The number of carbonyl (C=O) groups is 2. The molecule has 8 heteroatoms. The Morgan fingerprint density at radius 1 is 1.07 bits per heavy atom. The highest BCUT2D eigenvalue weighted by atomic mass is 35.5. The van der Waals surface area contributed by atoms with E-state index in [1.54, 1.807) is 42.5 Å². The number of halogens is 2. The van der Waals surface area contributed by atoms with Gasteiger partial charge >= 0.3 is 5.97 Å². The van der Waals surface area contributed by atoms with Crippen LogP contribution in [0.5, 0.6) is 5.75 Å². The number of hydrogen-bond donors (Lipinski definition) is 1. The van der Waals surface area contributed by atoms with Gasteiger partial charge in [-0.3, -0.25) is 4.79 Å². The molecule has 0 atom stereocenters. The summed E-state index contributed by atoms with van der Waals surface area (Å²) in [4.78, 5) is 24.5. The van der Waals surface area contributed by atoms with Gasteiger partial charge in [0.05, 0.1) is 16.8 Å². The molecule has 2 aromatic carbocycles. The van der Waals surface area contributed by atoms with Crippen molar-refractivity contribution in [2.24, 2.45) is 5.10 Å². The van der Waals surface area contributed by atoms with E-state index in [9.17, 15) is 9.59 Å². The number of amides is 1. The molecule has 1 heterocycles. The lowest BCUT2D eigenvalue weighted by Gasteiger charge is -2.04. The van der Waals surface area contributed by atoms with Crippen LogP contribution >= 0.6 is 34.5 Å². The van der Waals surface area contributed by atoms with Gasteiger partial charge in [-0.25, -0.2) is 10.2 Å². The maximum absolute atomic E-state index is 12.0. The highest BCUT2D eigenvalue weighted by Gasteiger charge is 2.10. The molecule has 136 valence electrons. The van der Waals surface area contributed by atoms with Crippen molar-refractivity contribution < 1.29 is 14.3 Å². The minimum Gasteiger partial charge on any atom is -0.422 e. The number of ether oxygens (including phenoxy) is 1. The second-order valence-electron chi connectivity index (χ2n) is 5.26. The molecular formula is C19H12Cl2N2O3S. The number of nitrogens with zero attached hydrogens (tertiary/aromatic N) is 1. The second kappa shape index (κ2) is 8.81. The third-order valence-corrected chi connectivity index (χ3v) is 4.77. The average molecular weight is 419 g/mol. The fourth-order valence-electron chi connectivity index (χ4n) is 2.07. The average Bonchev–Trinajstić information content (AvgIpc) is 3.18. The summed E-state index contributed by atoms with van der Waals surface area (Å²) in [5, 5.41) is 6.38. The molecule has 0 unspecified atom stereocenters. The molecule has 3 rings (SSSR count). The van der Waals surface area contributed by atoms with E-state index in [4.69, 9.17) is 27.9 Å². The number of rotatable bonds is 5. The third-order valence-electron chi connectivity index (χ3n) is 3.37. The Labute approximate surface area is 169 Å². The Hall–Kier alpha value is -2.67. The predicted octanol–water partition coefficient (Wildman–Crippen LogP) is 5.04. The van der Waals surface area contributed by atoms with Crippen LogP contribution in [-0.4, -0.2) is 18.1 Å². The number of nitrogens with one attached hydrogen (secondary N) is 1. The van der Waals surface area contributed by atoms with Gasteiger partial charge in [0.25, 0.3) is 5.91 Å². The first-order chi connectivity index (χ1) is 13.0. The van der Waals surface area contributed by atoms with Crippen LogP contribution in [0.4, 0.5) is 0 Å². The lowest BCUT2D eigenvalue weighted by Crippen LogP contribution is -2.18. The van der Waals surface area contributed by atoms with Crippen molar-refractivity contribution in [3.05, 3.63) is 86.0 Å². The molecule has 0 aliphatic rings. The Kier molecular flexibility index (Phi) is 6.24. The van der Waals surface area contributed by atoms with Crippen LogP contribution in [-0.2, 0) is 0 Å². The predicted molar refractivity (Wildman–Crippen MR) is 107 cm³/mol. The van der Waals surface area contributed by atoms with E-state index in [-0.39, 0.29) is 10.6 Å². The minimum atomic E-state index is -0.450. The van der Waals surface area contributed by atoms with Crippen LogP contribution in [0, 0.1) is 0 Å². The molecule has 0 saturated heterocycles. The van der Waals surface area contributed by atoms with Crippen LogP contribution in [0.25, 0.3) is 0 Å². The molecule has 0 spiro atoms. The van der Waals surface area contributed by atoms with Crippen molar-refractivity contribution in [3.8, 4) is 5.75 Å². The molecule has 5 nitrogen and oxygen atoms in total. The minimum absolute atomic E-state index is 0.243. The van der Waals surface area contributed by atoms with E-state index in [0.717, 1.165) is 0 Å². The Morgan fingerprint density at radius 2 is 1.85 bits per heavy atom. The van der Waals surface area contributed by atoms with Crippen molar-refractivity contribution in [2.75, 3.05) is 0 Å². The number of hydrazone groups is 1. The maximum atomic E-state index is 12.0. The summed E-state index contributed by atoms with van der Waals surface area (Å²) in [5.74, 6) is -0.435. The van der Waals surface area contributed by atoms with Crippen LogP contribution in [0.2, 0.25) is 10.0 Å². The van der Waals surface area contributed by atoms with Gasteiger partial charge in [0, 0.05) is 5.02 Å². The zero-order valence-electron chi connectivity index (χ0n) is 13.7. The van der Waals surface area contributed by atoms with E-state index in [2.05, 4.69) is 10.5 Å². The van der Waals surface area contributed by atoms with Crippen molar-refractivity contribution in [1.82, 2.24) is 5.43 Å². The summed E-state index contributed by atoms with van der Waals surface area (Å²) in [7, 11) is 0. The lowest BCUT2D eigenvalue weighted by atomic mass is 10.2. The van der Waals surface area contributed by atoms with Gasteiger partial charge in [0.2, 0.25) is 0 Å². The van der Waals surface area contributed by atoms with Crippen molar-refractivity contribution >= 4 is 52.6 Å². The summed E-state index contributed by atoms with van der Waals surface area (Å²) in [5.41, 5.74) is 3.38. The normalized spacial score (nSPS) is 10.7. The third kappa shape index (κ3) is 5.17. The van der Waals surface area contributed by atoms with E-state index in [0.29, 0.717) is 21.2 Å². The summed E-state index contributed by atoms with van der Waals surface area (Å²) in [6.45, 7) is 0. The fraction of sp³-hybridized carbons (Fsp3) is 0. The van der Waals surface area contributed by atoms with Gasteiger partial charge in [-0.15, -0.1) is 11.3 Å². The summed E-state index contributed by atoms with van der Waals surface area (Å²) >= 11 is 13.1. The molecule has 0 aliphatic carbocycles. The first kappa shape index (κ1) is 19.1. The SMILES string of the molecule is O=C(Oc1ccc(/C=N/NC(=O)c2ccc(Cl)cc2Cl)cc1)c1cccs1. The molecule has 27 heavy (non-hydrogen) atoms. The fourth-order valence-corrected chi connectivity index (χ4v) is 3.17. The van der Waals surface area contributed by atoms with Gasteiger partial charge in [-0.05, 0) is 59.5 Å². The van der Waals surface area contributed by atoms with Crippen LogP contribution < -0.4 is 10.2 Å². The molecule has 0 radical (unpaired) electrons. The molecule has 3 aromatic rings. The van der Waals surface area contributed by atoms with Crippen molar-refractivity contribution in [3.63, 3.8) is 0 Å². The largest absolute Gasteiger partial charge is 0.422 e. The van der Waals surface area contributed by atoms with Gasteiger partial charge in [-0.1, -0.05) is 29.3 Å². The Morgan fingerprint density at radius 3 is 2.52 bits per heavy atom. The number of benzene rings is 2. The summed E-state index contributed by atoms with van der Waals surface area (Å²) < 4.78 is 5.27. The molecule has 0 fully saturated rings. The number of esters is 1. The van der Waals surface area contributed by atoms with E-state index >= 15 is 0 Å². The van der Waals surface area contributed by atoms with Gasteiger partial charge < -0.3 is 4.74 Å². The van der Waals surface area contributed by atoms with Gasteiger partial charge in [0.1, 0.15) is 10.6 Å². The maximum Gasteiger partial charge on any atom is 0.353 e. The van der Waals surface area contributed by atoms with Crippen LogP contribution in [0.1, 0.15) is 25.6 Å². The summed E-state index contributed by atoms with van der Waals surface area (Å²) in [6.07, 6.45) is 1.46. The van der Waals surface area contributed by atoms with Crippen molar-refractivity contribution in [2.45, 2.75) is 0 Å². The molecule has 1 amide bonds. The van der Waals surface area contributed by atoms with Crippen molar-refractivity contribution in [1.29, 1.82) is 0 Å². The highest BCUT2D eigenvalue weighted by molar-refractivity contribution is 7.12. The molecule has 0 bridgehead atoms. The summed E-state index contributed by atoms with van der Waals surface area (Å²) in [6, 6.07) is 14.8. The topological polar surface area (TPSA) is 67.8 Å². The zero-order chi connectivity index (χ0) is 19.2. The molecule has 0 aliphatic heterocycles. The Balaban J connectivity index is 1.57. The second-order valence-corrected chi connectivity index (χ2v) is 7.05. The first-order valence-electron chi connectivity index (χ1n) is 7.67. The van der Waals surface area contributed by atoms with Gasteiger partial charge in [0.15, 0.2) is 0 Å². The van der Waals surface area contributed by atoms with E-state index in [1.165, 1.54) is 29.7 Å². The Bertz CT molecular complexity index is 987. The quantitative estimate of drug-likeness (QED) is 0.273. The van der Waals surface area contributed by atoms with E-state index < -0.39 is 11.9 Å². The van der Waals surface area contributed by atoms with Crippen LogP contribution in [0.3, 0.4) is 0 Å². The first-order valence-corrected chi connectivity index (χ1v) is 9.31. The number of carbonyl (C=O) groups excluding carboxylic acids is 2.